The van der Waals surface area contributed by atoms with Crippen LogP contribution in [0.4, 0.5) is 0 Å². The molecule has 0 spiro atoms. The van der Waals surface area contributed by atoms with Crippen LogP contribution >= 0.6 is 0 Å². The van der Waals surface area contributed by atoms with Crippen molar-refractivity contribution in [2.24, 2.45) is 5.73 Å². The van der Waals surface area contributed by atoms with Crippen LogP contribution in [0.1, 0.15) is 42.3 Å². The topological polar surface area (TPSA) is 29.3 Å². The molecular formula is C14H20N2. The molecule has 2 fully saturated rings. The van der Waals surface area contributed by atoms with E-state index in [1.165, 1.54) is 24.0 Å². The minimum absolute atomic E-state index is 0.303. The van der Waals surface area contributed by atoms with Gasteiger partial charge in [-0.15, -0.1) is 0 Å². The van der Waals surface area contributed by atoms with E-state index in [0.29, 0.717) is 12.1 Å². The van der Waals surface area contributed by atoms with Crippen molar-refractivity contribution in [3.8, 4) is 0 Å². The SMILES string of the molecule is CN1CCC(N)C1c1ccc(C2CC2)cc1. The van der Waals surface area contributed by atoms with E-state index in [4.69, 9.17) is 5.73 Å². The van der Waals surface area contributed by atoms with Gasteiger partial charge in [0.15, 0.2) is 0 Å². The lowest BCUT2D eigenvalue weighted by atomic mass is 9.99. The zero-order valence-electron chi connectivity index (χ0n) is 9.89. The van der Waals surface area contributed by atoms with Gasteiger partial charge in [-0.2, -0.15) is 0 Å². The number of nitrogens with zero attached hydrogens (tertiary/aromatic N) is 1. The van der Waals surface area contributed by atoms with Gasteiger partial charge in [-0.1, -0.05) is 24.3 Å². The van der Waals surface area contributed by atoms with Crippen molar-refractivity contribution >= 4 is 0 Å². The molecule has 1 aromatic carbocycles. The van der Waals surface area contributed by atoms with Gasteiger partial charge in [0.05, 0.1) is 0 Å². The lowest BCUT2D eigenvalue weighted by Gasteiger charge is -2.23. The number of rotatable bonds is 2. The molecular weight excluding hydrogens is 196 g/mol. The molecule has 1 saturated carbocycles. The minimum Gasteiger partial charge on any atom is -0.326 e. The molecule has 0 amide bonds. The van der Waals surface area contributed by atoms with E-state index >= 15 is 0 Å². The summed E-state index contributed by atoms with van der Waals surface area (Å²) in [7, 11) is 2.17. The standard InChI is InChI=1S/C14H20N2/c1-16-9-8-13(15)14(16)12-6-4-11(5-7-12)10-2-3-10/h4-7,10,13-14H,2-3,8-9,15H2,1H3. The van der Waals surface area contributed by atoms with Gasteiger partial charge in [0.2, 0.25) is 0 Å². The fourth-order valence-electron chi connectivity index (χ4n) is 2.86. The average molecular weight is 216 g/mol. The Balaban J connectivity index is 1.82. The van der Waals surface area contributed by atoms with Crippen LogP contribution in [0.15, 0.2) is 24.3 Å². The van der Waals surface area contributed by atoms with E-state index in [1.54, 1.807) is 0 Å². The second kappa shape index (κ2) is 3.86. The van der Waals surface area contributed by atoms with Crippen molar-refractivity contribution in [2.45, 2.75) is 37.3 Å². The molecule has 2 atom stereocenters. The fraction of sp³-hybridized carbons (Fsp3) is 0.571. The van der Waals surface area contributed by atoms with E-state index in [1.807, 2.05) is 0 Å². The maximum atomic E-state index is 6.17. The van der Waals surface area contributed by atoms with Crippen molar-refractivity contribution in [2.75, 3.05) is 13.6 Å². The van der Waals surface area contributed by atoms with E-state index < -0.39 is 0 Å². The van der Waals surface area contributed by atoms with Crippen molar-refractivity contribution in [1.29, 1.82) is 0 Å². The van der Waals surface area contributed by atoms with Crippen molar-refractivity contribution in [1.82, 2.24) is 4.90 Å². The van der Waals surface area contributed by atoms with Crippen molar-refractivity contribution < 1.29 is 0 Å². The molecule has 1 saturated heterocycles. The number of likely N-dealkylation sites (N-methyl/N-ethyl adjacent to an activating group) is 1. The summed E-state index contributed by atoms with van der Waals surface area (Å²) >= 11 is 0. The zero-order valence-corrected chi connectivity index (χ0v) is 9.89. The van der Waals surface area contributed by atoms with Gasteiger partial charge in [0, 0.05) is 18.6 Å². The van der Waals surface area contributed by atoms with Gasteiger partial charge in [-0.25, -0.2) is 0 Å². The normalized spacial score (nSPS) is 30.9. The van der Waals surface area contributed by atoms with Gasteiger partial charge in [0.1, 0.15) is 0 Å². The molecule has 2 heteroatoms. The molecule has 3 rings (SSSR count). The Morgan fingerprint density at radius 3 is 2.19 bits per heavy atom. The van der Waals surface area contributed by atoms with Crippen LogP contribution in [0.2, 0.25) is 0 Å². The molecule has 1 aromatic rings. The molecule has 86 valence electrons. The lowest BCUT2D eigenvalue weighted by molar-refractivity contribution is 0.304. The Morgan fingerprint density at radius 2 is 1.69 bits per heavy atom. The fourth-order valence-corrected chi connectivity index (χ4v) is 2.86. The largest absolute Gasteiger partial charge is 0.326 e. The van der Waals surface area contributed by atoms with Crippen LogP contribution in [0.3, 0.4) is 0 Å². The second-order valence-electron chi connectivity index (χ2n) is 5.32. The molecule has 1 aliphatic carbocycles. The van der Waals surface area contributed by atoms with Crippen molar-refractivity contribution in [3.05, 3.63) is 35.4 Å². The van der Waals surface area contributed by atoms with Crippen LogP contribution in [0.25, 0.3) is 0 Å². The number of likely N-dealkylation sites (tertiary alicyclic amines) is 1. The van der Waals surface area contributed by atoms with E-state index in [-0.39, 0.29) is 0 Å². The van der Waals surface area contributed by atoms with Gasteiger partial charge >= 0.3 is 0 Å². The van der Waals surface area contributed by atoms with Crippen LogP contribution in [0, 0.1) is 0 Å². The summed E-state index contributed by atoms with van der Waals surface area (Å²) in [6, 6.07) is 9.88. The predicted molar refractivity (Wildman–Crippen MR) is 66.4 cm³/mol. The molecule has 1 aliphatic heterocycles. The zero-order chi connectivity index (χ0) is 11.1. The van der Waals surface area contributed by atoms with Gasteiger partial charge in [-0.05, 0) is 43.4 Å². The Hall–Kier alpha value is -0.860. The highest BCUT2D eigenvalue weighted by molar-refractivity contribution is 5.30. The summed E-state index contributed by atoms with van der Waals surface area (Å²) < 4.78 is 0. The Bertz CT molecular complexity index is 357. The highest BCUT2D eigenvalue weighted by atomic mass is 15.2. The third kappa shape index (κ3) is 1.76. The second-order valence-corrected chi connectivity index (χ2v) is 5.32. The number of hydrogen-bond donors (Lipinski definition) is 1. The molecule has 2 unspecified atom stereocenters. The third-order valence-corrected chi connectivity index (χ3v) is 4.02. The third-order valence-electron chi connectivity index (χ3n) is 4.02. The molecule has 0 bridgehead atoms. The van der Waals surface area contributed by atoms with E-state index in [0.717, 1.165) is 18.9 Å². The Kier molecular flexibility index (Phi) is 2.49. The maximum Gasteiger partial charge on any atom is 0.0496 e. The highest BCUT2D eigenvalue weighted by Gasteiger charge is 2.30. The lowest BCUT2D eigenvalue weighted by Crippen LogP contribution is -2.29. The van der Waals surface area contributed by atoms with Crippen LogP contribution in [0.5, 0.6) is 0 Å². The van der Waals surface area contributed by atoms with Gasteiger partial charge < -0.3 is 5.73 Å². The molecule has 2 aliphatic rings. The first-order valence-corrected chi connectivity index (χ1v) is 6.31. The summed E-state index contributed by atoms with van der Waals surface area (Å²) in [5.41, 5.74) is 9.07. The summed E-state index contributed by atoms with van der Waals surface area (Å²) in [4.78, 5) is 2.37. The smallest absolute Gasteiger partial charge is 0.0496 e. The summed E-state index contributed by atoms with van der Waals surface area (Å²) in [5.74, 6) is 0.851. The number of nitrogens with two attached hydrogens (primary N) is 1. The Morgan fingerprint density at radius 1 is 1.06 bits per heavy atom. The number of benzene rings is 1. The first kappa shape index (κ1) is 10.3. The molecule has 1 heterocycles. The first-order valence-electron chi connectivity index (χ1n) is 6.31. The molecule has 2 N–H and O–H groups in total. The summed E-state index contributed by atoms with van der Waals surface area (Å²) in [5, 5.41) is 0. The average Bonchev–Trinajstić information content (AvgIpc) is 3.07. The summed E-state index contributed by atoms with van der Waals surface area (Å²) in [6.07, 6.45) is 3.87. The quantitative estimate of drug-likeness (QED) is 0.821. The van der Waals surface area contributed by atoms with Crippen LogP contribution in [-0.4, -0.2) is 24.5 Å². The van der Waals surface area contributed by atoms with Crippen LogP contribution < -0.4 is 5.73 Å². The number of hydrogen-bond acceptors (Lipinski definition) is 2. The minimum atomic E-state index is 0.303. The first-order chi connectivity index (χ1) is 7.75. The monoisotopic (exact) mass is 216 g/mol. The highest BCUT2D eigenvalue weighted by Crippen LogP contribution is 2.40. The Labute approximate surface area is 97.4 Å². The van der Waals surface area contributed by atoms with Crippen LogP contribution in [-0.2, 0) is 0 Å². The molecule has 0 radical (unpaired) electrons. The summed E-state index contributed by atoms with van der Waals surface area (Å²) in [6.45, 7) is 1.12. The van der Waals surface area contributed by atoms with Gasteiger partial charge in [0.25, 0.3) is 0 Å². The van der Waals surface area contributed by atoms with Crippen molar-refractivity contribution in [3.63, 3.8) is 0 Å². The maximum absolute atomic E-state index is 6.17. The molecule has 16 heavy (non-hydrogen) atoms. The predicted octanol–water partition coefficient (Wildman–Crippen LogP) is 2.27. The molecule has 0 aromatic heterocycles. The van der Waals surface area contributed by atoms with E-state index in [2.05, 4.69) is 36.2 Å². The van der Waals surface area contributed by atoms with Gasteiger partial charge in [-0.3, -0.25) is 4.90 Å². The van der Waals surface area contributed by atoms with E-state index in [9.17, 15) is 0 Å². The molecule has 2 nitrogen and oxygen atoms in total.